The van der Waals surface area contributed by atoms with Gasteiger partial charge in [-0.3, -0.25) is 0 Å². The average Bonchev–Trinajstić information content (AvgIpc) is 3.32. The first-order chi connectivity index (χ1) is 11.1. The number of hydrogen-bond acceptors (Lipinski definition) is 1. The molecule has 120 valence electrons. The predicted molar refractivity (Wildman–Crippen MR) is 92.6 cm³/mol. The van der Waals surface area contributed by atoms with Gasteiger partial charge < -0.3 is 0 Å². The molecule has 3 heteroatoms. The second kappa shape index (κ2) is 5.86. The molecule has 23 heavy (non-hydrogen) atoms. The summed E-state index contributed by atoms with van der Waals surface area (Å²) >= 11 is 1.54. The molecule has 0 aliphatic heterocycles. The first-order valence-corrected chi connectivity index (χ1v) is 9.19. The van der Waals surface area contributed by atoms with Crippen molar-refractivity contribution in [3.05, 3.63) is 62.4 Å². The molecule has 1 saturated carbocycles. The molecule has 0 bridgehead atoms. The number of rotatable bonds is 3. The van der Waals surface area contributed by atoms with Gasteiger partial charge in [0, 0.05) is 15.3 Å². The lowest BCUT2D eigenvalue weighted by molar-refractivity contribution is 0.525. The summed E-state index contributed by atoms with van der Waals surface area (Å²) in [4.78, 5) is 1.99. The minimum atomic E-state index is -0.647. The van der Waals surface area contributed by atoms with Crippen LogP contribution in [0.15, 0.2) is 52.7 Å². The third kappa shape index (κ3) is 2.87. The average molecular weight is 330 g/mol. The normalized spacial score (nSPS) is 22.4. The van der Waals surface area contributed by atoms with E-state index in [1.54, 1.807) is 0 Å². The fourth-order valence-corrected chi connectivity index (χ4v) is 4.50. The smallest absolute Gasteiger partial charge is 0.163 e. The van der Waals surface area contributed by atoms with Gasteiger partial charge in [-0.05, 0) is 74.6 Å². The van der Waals surface area contributed by atoms with Crippen molar-refractivity contribution >= 4 is 16.9 Å². The van der Waals surface area contributed by atoms with Crippen molar-refractivity contribution in [2.45, 2.75) is 45.4 Å². The first kappa shape index (κ1) is 15.1. The Kier molecular flexibility index (Phi) is 3.84. The Labute approximate surface area is 139 Å². The summed E-state index contributed by atoms with van der Waals surface area (Å²) in [7, 11) is 0. The number of thiophene rings is 1. The van der Waals surface area contributed by atoms with E-state index in [1.165, 1.54) is 29.8 Å². The zero-order valence-corrected chi connectivity index (χ0v) is 14.1. The third-order valence-electron chi connectivity index (χ3n) is 5.06. The quantitative estimate of drug-likeness (QED) is 0.571. The highest BCUT2D eigenvalue weighted by Crippen LogP contribution is 2.45. The minimum absolute atomic E-state index is 0.537. The zero-order valence-electron chi connectivity index (χ0n) is 13.3. The lowest BCUT2D eigenvalue weighted by Crippen LogP contribution is -2.05. The Morgan fingerprint density at radius 3 is 2.26 bits per heavy atom. The summed E-state index contributed by atoms with van der Waals surface area (Å²) in [6.45, 7) is 1.99. The van der Waals surface area contributed by atoms with Crippen LogP contribution in [0.2, 0.25) is 0 Å². The molecule has 3 aliphatic rings. The van der Waals surface area contributed by atoms with Crippen molar-refractivity contribution in [2.75, 3.05) is 0 Å². The molecule has 1 aromatic rings. The van der Waals surface area contributed by atoms with E-state index >= 15 is 0 Å². The Balaban J connectivity index is 1.65. The van der Waals surface area contributed by atoms with Gasteiger partial charge in [-0.15, -0.1) is 11.3 Å². The van der Waals surface area contributed by atoms with Crippen molar-refractivity contribution in [1.82, 2.24) is 0 Å². The highest BCUT2D eigenvalue weighted by molar-refractivity contribution is 7.13. The van der Waals surface area contributed by atoms with Gasteiger partial charge in [-0.1, -0.05) is 17.7 Å². The van der Waals surface area contributed by atoms with Crippen molar-refractivity contribution < 1.29 is 8.78 Å². The number of aryl methyl sites for hydroxylation is 1. The van der Waals surface area contributed by atoms with Gasteiger partial charge in [0.15, 0.2) is 11.7 Å². The van der Waals surface area contributed by atoms with E-state index in [0.717, 1.165) is 34.1 Å². The van der Waals surface area contributed by atoms with Gasteiger partial charge >= 0.3 is 0 Å². The van der Waals surface area contributed by atoms with E-state index in [2.05, 4.69) is 6.08 Å². The number of halogens is 2. The molecule has 0 nitrogen and oxygen atoms in total. The molecule has 1 fully saturated rings. The van der Waals surface area contributed by atoms with E-state index in [-0.39, 0.29) is 0 Å². The SMILES string of the molecule is Cc1ccc(C2=C(F)C(F)=C(C3=CC=C(C4CC4)CC3)CC2)s1. The topological polar surface area (TPSA) is 0 Å². The maximum absolute atomic E-state index is 14.6. The molecule has 0 N–H and O–H groups in total. The Bertz CT molecular complexity index is 769. The Morgan fingerprint density at radius 1 is 0.913 bits per heavy atom. The number of hydrogen-bond donors (Lipinski definition) is 0. The van der Waals surface area contributed by atoms with E-state index in [0.29, 0.717) is 24.0 Å². The van der Waals surface area contributed by atoms with Gasteiger partial charge in [0.05, 0.1) is 0 Å². The monoisotopic (exact) mass is 330 g/mol. The Morgan fingerprint density at radius 2 is 1.65 bits per heavy atom. The summed E-state index contributed by atoms with van der Waals surface area (Å²) in [6, 6.07) is 3.86. The maximum Gasteiger partial charge on any atom is 0.163 e. The largest absolute Gasteiger partial charge is 0.203 e. The molecule has 1 heterocycles. The van der Waals surface area contributed by atoms with Crippen LogP contribution in [-0.4, -0.2) is 0 Å². The van der Waals surface area contributed by atoms with Crippen LogP contribution in [0.25, 0.3) is 5.57 Å². The van der Waals surface area contributed by atoms with Crippen LogP contribution >= 0.6 is 11.3 Å². The van der Waals surface area contributed by atoms with Gasteiger partial charge in [0.25, 0.3) is 0 Å². The van der Waals surface area contributed by atoms with E-state index in [9.17, 15) is 8.78 Å². The third-order valence-corrected chi connectivity index (χ3v) is 6.12. The van der Waals surface area contributed by atoms with Crippen LogP contribution < -0.4 is 0 Å². The lowest BCUT2D eigenvalue weighted by Gasteiger charge is -2.22. The fraction of sp³-hybridized carbons (Fsp3) is 0.400. The second-order valence-electron chi connectivity index (χ2n) is 6.70. The van der Waals surface area contributed by atoms with Crippen molar-refractivity contribution in [1.29, 1.82) is 0 Å². The van der Waals surface area contributed by atoms with E-state index in [4.69, 9.17) is 0 Å². The van der Waals surface area contributed by atoms with Gasteiger partial charge in [-0.25, -0.2) is 8.78 Å². The predicted octanol–water partition coefficient (Wildman–Crippen LogP) is 6.81. The highest BCUT2D eigenvalue weighted by atomic mass is 32.1. The van der Waals surface area contributed by atoms with E-state index in [1.807, 2.05) is 25.1 Å². The van der Waals surface area contributed by atoms with Gasteiger partial charge in [-0.2, -0.15) is 0 Å². The van der Waals surface area contributed by atoms with Crippen LogP contribution in [0.5, 0.6) is 0 Å². The summed E-state index contributed by atoms with van der Waals surface area (Å²) < 4.78 is 29.2. The van der Waals surface area contributed by atoms with Crippen LogP contribution in [0, 0.1) is 12.8 Å². The van der Waals surface area contributed by atoms with Gasteiger partial charge in [0.1, 0.15) is 0 Å². The molecular formula is C20H20F2S. The second-order valence-corrected chi connectivity index (χ2v) is 7.99. The molecule has 0 atom stereocenters. The maximum atomic E-state index is 14.6. The molecule has 1 aromatic heterocycles. The van der Waals surface area contributed by atoms with Crippen LogP contribution in [0.4, 0.5) is 8.78 Å². The molecular weight excluding hydrogens is 310 g/mol. The standard InChI is InChI=1S/C20H20F2S/c1-12-2-11-18(23-12)17-10-9-16(19(21)20(17)22)15-7-5-14(6-8-15)13-3-4-13/h2,5,7,11,13H,3-4,6,8-10H2,1H3. The summed E-state index contributed by atoms with van der Waals surface area (Å²) in [5, 5.41) is 0. The molecule has 4 rings (SSSR count). The minimum Gasteiger partial charge on any atom is -0.203 e. The van der Waals surface area contributed by atoms with Crippen LogP contribution in [-0.2, 0) is 0 Å². The van der Waals surface area contributed by atoms with Crippen molar-refractivity contribution in [3.63, 3.8) is 0 Å². The lowest BCUT2D eigenvalue weighted by atomic mass is 9.85. The molecule has 3 aliphatic carbocycles. The Hall–Kier alpha value is -1.48. The van der Waals surface area contributed by atoms with Crippen molar-refractivity contribution in [2.24, 2.45) is 5.92 Å². The van der Waals surface area contributed by atoms with Crippen molar-refractivity contribution in [3.8, 4) is 0 Å². The van der Waals surface area contributed by atoms with Gasteiger partial charge in [0.2, 0.25) is 0 Å². The first-order valence-electron chi connectivity index (χ1n) is 8.38. The highest BCUT2D eigenvalue weighted by Gasteiger charge is 2.29. The summed E-state index contributed by atoms with van der Waals surface area (Å²) in [6.07, 6.45) is 9.83. The molecule has 0 saturated heterocycles. The fourth-order valence-electron chi connectivity index (χ4n) is 3.56. The molecule has 0 unspecified atom stereocenters. The molecule has 0 amide bonds. The van der Waals surface area contributed by atoms with Crippen LogP contribution in [0.1, 0.15) is 48.3 Å². The molecule has 0 radical (unpaired) electrons. The zero-order chi connectivity index (χ0) is 16.0. The summed E-state index contributed by atoms with van der Waals surface area (Å²) in [5.74, 6) is -0.513. The van der Waals surface area contributed by atoms with Crippen LogP contribution in [0.3, 0.4) is 0 Å². The number of allylic oxidation sites excluding steroid dienone is 8. The van der Waals surface area contributed by atoms with E-state index < -0.39 is 11.7 Å². The summed E-state index contributed by atoms with van der Waals surface area (Å²) in [5.41, 5.74) is 3.61. The molecule has 0 spiro atoms. The molecule has 0 aromatic carbocycles.